The highest BCUT2D eigenvalue weighted by atomic mass is 35.5. The molecule has 6 rings (SSSR count). The summed E-state index contributed by atoms with van der Waals surface area (Å²) in [6.07, 6.45) is 5.03. The van der Waals surface area contributed by atoms with Crippen molar-refractivity contribution in [2.45, 2.75) is 25.1 Å². The first-order chi connectivity index (χ1) is 18.7. The number of halogens is 4. The third kappa shape index (κ3) is 4.55. The van der Waals surface area contributed by atoms with Crippen molar-refractivity contribution < 1.29 is 22.6 Å². The van der Waals surface area contributed by atoms with Crippen LogP contribution in [0.5, 0.6) is 11.5 Å². The van der Waals surface area contributed by atoms with Crippen molar-refractivity contribution in [3.8, 4) is 11.5 Å². The number of nitrogens with zero attached hydrogens (tertiary/aromatic N) is 7. The molecule has 202 valence electrons. The van der Waals surface area contributed by atoms with Gasteiger partial charge >= 0.3 is 6.18 Å². The molecule has 39 heavy (non-hydrogen) atoms. The van der Waals surface area contributed by atoms with Crippen LogP contribution in [-0.2, 0) is 18.0 Å². The maximum absolute atomic E-state index is 13.7. The van der Waals surface area contributed by atoms with Crippen LogP contribution < -0.4 is 15.6 Å². The molecule has 1 aliphatic heterocycles. The van der Waals surface area contributed by atoms with Gasteiger partial charge in [0.25, 0.3) is 5.56 Å². The Balaban J connectivity index is 1.38. The first kappa shape index (κ1) is 25.1. The van der Waals surface area contributed by atoms with Gasteiger partial charge in [-0.2, -0.15) is 23.3 Å². The average molecular weight is 561 g/mol. The van der Waals surface area contributed by atoms with Crippen LogP contribution in [0.3, 0.4) is 0 Å². The number of hydrogen-bond donors (Lipinski definition) is 1. The molecule has 1 N–H and O–H groups in total. The summed E-state index contributed by atoms with van der Waals surface area (Å²) < 4.78 is 56.7. The van der Waals surface area contributed by atoms with Crippen LogP contribution >= 0.6 is 11.6 Å². The number of nitrogens with one attached hydrogen (secondary N) is 1. The number of hydrogen-bond acceptors (Lipinski definition) is 8. The largest absolute Gasteiger partial charge is 0.450 e. The number of aryl methyl sites for hydroxylation is 1. The lowest BCUT2D eigenvalue weighted by molar-refractivity contribution is -0.138. The molecule has 11 nitrogen and oxygen atoms in total. The van der Waals surface area contributed by atoms with E-state index in [0.717, 1.165) is 16.8 Å². The Morgan fingerprint density at radius 1 is 1.23 bits per heavy atom. The zero-order valence-electron chi connectivity index (χ0n) is 20.3. The molecule has 15 heteroatoms. The predicted octanol–water partition coefficient (Wildman–Crippen LogP) is 4.73. The molecular formula is C24H20ClF3N8O3. The van der Waals surface area contributed by atoms with Crippen LogP contribution in [0, 0.1) is 0 Å². The number of fused-ring (bicyclic) bond motifs is 2. The smallest absolute Gasteiger partial charge is 0.417 e. The Morgan fingerprint density at radius 2 is 2.08 bits per heavy atom. The Bertz CT molecular complexity index is 1760. The van der Waals surface area contributed by atoms with E-state index in [1.165, 1.54) is 17.0 Å². The molecule has 0 spiro atoms. The first-order valence-electron chi connectivity index (χ1n) is 11.8. The highest BCUT2D eigenvalue weighted by Crippen LogP contribution is 2.37. The zero-order chi connectivity index (χ0) is 27.3. The number of ether oxygens (including phenoxy) is 2. The highest BCUT2D eigenvalue weighted by Gasteiger charge is 2.33. The van der Waals surface area contributed by atoms with Crippen LogP contribution in [0.1, 0.15) is 24.4 Å². The number of anilines is 2. The minimum atomic E-state index is -4.67. The van der Waals surface area contributed by atoms with E-state index in [1.54, 1.807) is 30.2 Å². The molecule has 1 saturated heterocycles. The van der Waals surface area contributed by atoms with E-state index in [1.807, 2.05) is 0 Å². The van der Waals surface area contributed by atoms with E-state index in [2.05, 4.69) is 25.4 Å². The minimum absolute atomic E-state index is 0.0691. The van der Waals surface area contributed by atoms with Crippen molar-refractivity contribution >= 4 is 39.9 Å². The molecular weight excluding hydrogens is 541 g/mol. The van der Waals surface area contributed by atoms with Crippen LogP contribution in [0.15, 0.2) is 48.0 Å². The Kier molecular flexibility index (Phi) is 6.14. The zero-order valence-corrected chi connectivity index (χ0v) is 21.1. The molecule has 5 aromatic rings. The number of alkyl halides is 3. The van der Waals surface area contributed by atoms with Gasteiger partial charge in [-0.3, -0.25) is 9.78 Å². The molecule has 0 bridgehead atoms. The van der Waals surface area contributed by atoms with Gasteiger partial charge in [0.15, 0.2) is 17.1 Å². The molecule has 6 heterocycles. The average Bonchev–Trinajstić information content (AvgIpc) is 3.47. The maximum atomic E-state index is 13.7. The van der Waals surface area contributed by atoms with Gasteiger partial charge in [-0.05, 0) is 18.9 Å². The molecule has 1 atom stereocenters. The van der Waals surface area contributed by atoms with E-state index in [9.17, 15) is 18.0 Å². The summed E-state index contributed by atoms with van der Waals surface area (Å²) in [6, 6.07) is 0.255. The van der Waals surface area contributed by atoms with Gasteiger partial charge in [0.1, 0.15) is 21.7 Å². The van der Waals surface area contributed by atoms with Gasteiger partial charge in [0.2, 0.25) is 5.95 Å². The van der Waals surface area contributed by atoms with Crippen LogP contribution in [0.2, 0.25) is 5.02 Å². The van der Waals surface area contributed by atoms with E-state index in [0.29, 0.717) is 36.2 Å². The van der Waals surface area contributed by atoms with E-state index in [-0.39, 0.29) is 34.7 Å². The number of aromatic nitrogens is 7. The monoisotopic (exact) mass is 560 g/mol. The molecule has 0 unspecified atom stereocenters. The van der Waals surface area contributed by atoms with Crippen molar-refractivity contribution in [3.05, 3.63) is 64.2 Å². The summed E-state index contributed by atoms with van der Waals surface area (Å²) in [6.45, 7) is 0.654. The van der Waals surface area contributed by atoms with E-state index >= 15 is 0 Å². The normalized spacial score (nSPS) is 16.2. The Labute approximate surface area is 222 Å². The SMILES string of the molecule is Cn1c(Nc2cc(C(F)(F)F)cn([C@H]3CCCOC3)c2=O)nc2ncc(Oc3cnn4ccncc34)c(Cl)c21. The van der Waals surface area contributed by atoms with Crippen molar-refractivity contribution in [1.82, 2.24) is 33.7 Å². The fourth-order valence-corrected chi connectivity index (χ4v) is 4.79. The second-order valence-electron chi connectivity index (χ2n) is 8.97. The van der Waals surface area contributed by atoms with Gasteiger partial charge in [-0.15, -0.1) is 0 Å². The predicted molar refractivity (Wildman–Crippen MR) is 135 cm³/mol. The standard InChI is InChI=1S/C24H20ClF3N8O3/c1-34-20-19(25)18(39-17-10-31-36-5-4-29-8-16(17)36)9-30-21(20)33-23(34)32-15-7-13(24(26,27)28)11-35(22(15)37)14-3-2-6-38-12-14/h4-5,7-11,14H,2-3,6,12H2,1H3,(H,30,32,33)/t14-/m0/s1. The number of rotatable bonds is 5. The van der Waals surface area contributed by atoms with Crippen LogP contribution in [0.25, 0.3) is 16.7 Å². The summed E-state index contributed by atoms with van der Waals surface area (Å²) >= 11 is 6.65. The summed E-state index contributed by atoms with van der Waals surface area (Å²) in [7, 11) is 1.59. The Morgan fingerprint density at radius 3 is 2.85 bits per heavy atom. The molecule has 5 aromatic heterocycles. The Hall–Kier alpha value is -4.17. The maximum Gasteiger partial charge on any atom is 0.417 e. The topological polar surface area (TPSA) is 113 Å². The molecule has 0 saturated carbocycles. The molecule has 1 aliphatic rings. The van der Waals surface area contributed by atoms with Crippen molar-refractivity contribution in [3.63, 3.8) is 0 Å². The lowest BCUT2D eigenvalue weighted by Gasteiger charge is -2.25. The molecule has 0 aromatic carbocycles. The van der Waals surface area contributed by atoms with E-state index in [4.69, 9.17) is 21.1 Å². The van der Waals surface area contributed by atoms with Gasteiger partial charge < -0.3 is 23.9 Å². The second kappa shape index (κ2) is 9.54. The highest BCUT2D eigenvalue weighted by molar-refractivity contribution is 6.36. The quantitative estimate of drug-likeness (QED) is 0.328. The summed E-state index contributed by atoms with van der Waals surface area (Å²) in [4.78, 5) is 26.0. The fraction of sp³-hybridized carbons (Fsp3) is 0.292. The second-order valence-corrected chi connectivity index (χ2v) is 9.35. The molecule has 0 radical (unpaired) electrons. The third-order valence-electron chi connectivity index (χ3n) is 6.46. The third-order valence-corrected chi connectivity index (χ3v) is 6.83. The minimum Gasteiger partial charge on any atom is -0.450 e. The van der Waals surface area contributed by atoms with Crippen molar-refractivity contribution in [1.29, 1.82) is 0 Å². The van der Waals surface area contributed by atoms with Gasteiger partial charge in [0.05, 0.1) is 36.8 Å². The summed E-state index contributed by atoms with van der Waals surface area (Å²) in [5, 5.41) is 7.10. The van der Waals surface area contributed by atoms with Gasteiger partial charge in [-0.1, -0.05) is 11.6 Å². The first-order valence-corrected chi connectivity index (χ1v) is 12.2. The molecule has 0 aliphatic carbocycles. The number of pyridine rings is 2. The van der Waals surface area contributed by atoms with Crippen molar-refractivity contribution in [2.75, 3.05) is 18.5 Å². The lowest BCUT2D eigenvalue weighted by atomic mass is 10.1. The fourth-order valence-electron chi connectivity index (χ4n) is 4.49. The van der Waals surface area contributed by atoms with Gasteiger partial charge in [0, 0.05) is 32.2 Å². The van der Waals surface area contributed by atoms with Gasteiger partial charge in [-0.25, -0.2) is 9.50 Å². The van der Waals surface area contributed by atoms with E-state index < -0.39 is 23.3 Å². The van der Waals surface area contributed by atoms with Crippen molar-refractivity contribution in [2.24, 2.45) is 7.05 Å². The molecule has 1 fully saturated rings. The number of imidazole rings is 1. The van der Waals surface area contributed by atoms with Crippen LogP contribution in [-0.4, -0.2) is 46.9 Å². The lowest BCUT2D eigenvalue weighted by Crippen LogP contribution is -2.32. The summed E-state index contributed by atoms with van der Waals surface area (Å²) in [5.41, 5.74) is -0.740. The molecule has 0 amide bonds. The summed E-state index contributed by atoms with van der Waals surface area (Å²) in [5.74, 6) is 0.665. The van der Waals surface area contributed by atoms with Crippen LogP contribution in [0.4, 0.5) is 24.8 Å².